The number of rotatable bonds is 4. The zero-order chi connectivity index (χ0) is 19.9. The fourth-order valence-corrected chi connectivity index (χ4v) is 1.86. The molecule has 2 rings (SSSR count). The van der Waals surface area contributed by atoms with E-state index in [-0.39, 0.29) is 22.9 Å². The number of ether oxygens (including phenoxy) is 1. The van der Waals surface area contributed by atoms with Crippen molar-refractivity contribution in [2.24, 2.45) is 5.73 Å². The van der Waals surface area contributed by atoms with Crippen molar-refractivity contribution in [3.05, 3.63) is 65.2 Å². The summed E-state index contributed by atoms with van der Waals surface area (Å²) >= 11 is 0. The number of carbonyl (C=O) groups excluding carboxylic acids is 2. The number of amidine groups is 1. The van der Waals surface area contributed by atoms with Gasteiger partial charge in [0, 0.05) is 24.3 Å². The van der Waals surface area contributed by atoms with E-state index in [1.54, 1.807) is 30.3 Å². The Balaban J connectivity index is 0.000000597. The minimum Gasteiger partial charge on any atom is -0.748 e. The van der Waals surface area contributed by atoms with Crippen LogP contribution in [0, 0.1) is 5.41 Å². The van der Waals surface area contributed by atoms with Crippen molar-refractivity contribution in [2.75, 3.05) is 6.26 Å². The van der Waals surface area contributed by atoms with E-state index in [0.29, 0.717) is 17.4 Å². The molecular formula is C17H17N2O6S-. The maximum atomic E-state index is 12.5. The van der Waals surface area contributed by atoms with E-state index in [2.05, 4.69) is 0 Å². The first-order valence-corrected chi connectivity index (χ1v) is 8.98. The summed E-state index contributed by atoms with van der Waals surface area (Å²) in [5, 5.41) is 7.45. The molecule has 0 saturated carbocycles. The summed E-state index contributed by atoms with van der Waals surface area (Å²) in [6.07, 6.45) is 0.604. The lowest BCUT2D eigenvalue weighted by atomic mass is 10.00. The molecule has 0 saturated heterocycles. The van der Waals surface area contributed by atoms with Crippen LogP contribution in [0.5, 0.6) is 5.75 Å². The first-order chi connectivity index (χ1) is 12.0. The topological polar surface area (TPSA) is 150 Å². The second kappa shape index (κ2) is 8.88. The van der Waals surface area contributed by atoms with Crippen LogP contribution >= 0.6 is 0 Å². The van der Waals surface area contributed by atoms with Crippen LogP contribution in [0.15, 0.2) is 48.5 Å². The Bertz CT molecular complexity index is 916. The minimum absolute atomic E-state index is 0.154. The SMILES string of the molecule is CC(=O)Oc1ccc(C(=N)N)cc1C(=O)c1ccccc1.CS(=O)(=O)[O-]. The lowest BCUT2D eigenvalue weighted by Crippen LogP contribution is -2.14. The van der Waals surface area contributed by atoms with Crippen LogP contribution in [0.3, 0.4) is 0 Å². The standard InChI is InChI=1S/C16H14N2O3.CH4O3S/c1-10(19)21-14-8-7-12(16(17)18)9-13(14)15(20)11-5-3-2-4-6-11;1-5(2,3)4/h2-9H,1H3,(H3,17,18);1H3,(H,2,3,4)/p-1. The Morgan fingerprint density at radius 1 is 1.08 bits per heavy atom. The summed E-state index contributed by atoms with van der Waals surface area (Å²) in [7, 11) is -3.92. The molecule has 2 aromatic rings. The maximum Gasteiger partial charge on any atom is 0.308 e. The van der Waals surface area contributed by atoms with Gasteiger partial charge in [-0.05, 0) is 18.2 Å². The molecule has 9 heteroatoms. The third kappa shape index (κ3) is 7.24. The molecule has 0 spiro atoms. The minimum atomic E-state index is -3.92. The van der Waals surface area contributed by atoms with Crippen molar-refractivity contribution in [2.45, 2.75) is 6.92 Å². The average molecular weight is 377 g/mol. The third-order valence-electron chi connectivity index (χ3n) is 2.82. The fourth-order valence-electron chi connectivity index (χ4n) is 1.86. The van der Waals surface area contributed by atoms with Crippen LogP contribution in [0.4, 0.5) is 0 Å². The Kier molecular flexibility index (Phi) is 7.17. The molecule has 0 aromatic heterocycles. The monoisotopic (exact) mass is 377 g/mol. The zero-order valence-corrected chi connectivity index (χ0v) is 14.9. The summed E-state index contributed by atoms with van der Waals surface area (Å²) < 4.78 is 32.3. The van der Waals surface area contributed by atoms with Crippen molar-refractivity contribution in [3.63, 3.8) is 0 Å². The molecule has 0 unspecified atom stereocenters. The van der Waals surface area contributed by atoms with E-state index in [1.165, 1.54) is 25.1 Å². The van der Waals surface area contributed by atoms with Gasteiger partial charge in [-0.15, -0.1) is 0 Å². The van der Waals surface area contributed by atoms with Crippen LogP contribution in [-0.2, 0) is 14.9 Å². The van der Waals surface area contributed by atoms with Gasteiger partial charge >= 0.3 is 5.97 Å². The first-order valence-electron chi connectivity index (χ1n) is 7.16. The van der Waals surface area contributed by atoms with Crippen LogP contribution in [0.1, 0.15) is 28.4 Å². The van der Waals surface area contributed by atoms with Gasteiger partial charge in [0.25, 0.3) is 0 Å². The number of hydrogen-bond donors (Lipinski definition) is 2. The number of ketones is 1. The molecule has 0 aliphatic carbocycles. The highest BCUT2D eigenvalue weighted by molar-refractivity contribution is 7.84. The molecule has 3 N–H and O–H groups in total. The highest BCUT2D eigenvalue weighted by atomic mass is 32.2. The number of carbonyl (C=O) groups is 2. The quantitative estimate of drug-likeness (QED) is 0.203. The van der Waals surface area contributed by atoms with Crippen molar-refractivity contribution >= 4 is 27.7 Å². The summed E-state index contributed by atoms with van der Waals surface area (Å²) in [5.74, 6) is -0.824. The largest absolute Gasteiger partial charge is 0.748 e. The zero-order valence-electron chi connectivity index (χ0n) is 14.1. The fraction of sp³-hybridized carbons (Fsp3) is 0.118. The van der Waals surface area contributed by atoms with Gasteiger partial charge in [0.15, 0.2) is 5.78 Å². The number of nitrogens with two attached hydrogens (primary N) is 1. The lowest BCUT2D eigenvalue weighted by molar-refractivity contribution is -0.131. The molecular weight excluding hydrogens is 360 g/mol. The van der Waals surface area contributed by atoms with Crippen LogP contribution < -0.4 is 10.5 Å². The average Bonchev–Trinajstić information content (AvgIpc) is 2.53. The summed E-state index contributed by atoms with van der Waals surface area (Å²) in [6, 6.07) is 13.1. The summed E-state index contributed by atoms with van der Waals surface area (Å²) in [6.45, 7) is 1.26. The van der Waals surface area contributed by atoms with E-state index >= 15 is 0 Å². The summed E-state index contributed by atoms with van der Waals surface area (Å²) in [4.78, 5) is 23.7. The van der Waals surface area contributed by atoms with Gasteiger partial charge in [0.2, 0.25) is 0 Å². The smallest absolute Gasteiger partial charge is 0.308 e. The van der Waals surface area contributed by atoms with Crippen molar-refractivity contribution in [1.82, 2.24) is 0 Å². The number of nitrogens with one attached hydrogen (secondary N) is 1. The molecule has 0 radical (unpaired) electrons. The second-order valence-electron chi connectivity index (χ2n) is 5.12. The Morgan fingerprint density at radius 2 is 1.62 bits per heavy atom. The van der Waals surface area contributed by atoms with Crippen LogP contribution in [0.25, 0.3) is 0 Å². The molecule has 0 atom stereocenters. The van der Waals surface area contributed by atoms with Gasteiger partial charge in [-0.25, -0.2) is 8.42 Å². The highest BCUT2D eigenvalue weighted by Crippen LogP contribution is 2.23. The molecule has 0 aliphatic rings. The predicted octanol–water partition coefficient (Wildman–Crippen LogP) is 1.29. The van der Waals surface area contributed by atoms with Crippen LogP contribution in [-0.4, -0.2) is 36.8 Å². The molecule has 0 amide bonds. The van der Waals surface area contributed by atoms with E-state index in [1.807, 2.05) is 0 Å². The number of esters is 1. The molecule has 0 aliphatic heterocycles. The highest BCUT2D eigenvalue weighted by Gasteiger charge is 2.17. The van der Waals surface area contributed by atoms with E-state index in [0.717, 1.165) is 0 Å². The number of benzene rings is 2. The number of nitrogen functional groups attached to an aromatic ring is 1. The Morgan fingerprint density at radius 3 is 2.08 bits per heavy atom. The van der Waals surface area contributed by atoms with Gasteiger partial charge in [0.05, 0.1) is 15.7 Å². The molecule has 138 valence electrons. The van der Waals surface area contributed by atoms with E-state index in [9.17, 15) is 9.59 Å². The van der Waals surface area contributed by atoms with Crippen molar-refractivity contribution in [1.29, 1.82) is 5.41 Å². The molecule has 0 heterocycles. The van der Waals surface area contributed by atoms with E-state index in [4.69, 9.17) is 28.9 Å². The lowest BCUT2D eigenvalue weighted by Gasteiger charge is -2.10. The maximum absolute atomic E-state index is 12.5. The van der Waals surface area contributed by atoms with E-state index < -0.39 is 16.1 Å². The molecule has 2 aromatic carbocycles. The van der Waals surface area contributed by atoms with Gasteiger partial charge in [-0.3, -0.25) is 15.0 Å². The first kappa shape index (κ1) is 21.0. The third-order valence-corrected chi connectivity index (χ3v) is 2.82. The molecule has 0 fully saturated rings. The molecule has 8 nitrogen and oxygen atoms in total. The number of hydrogen-bond acceptors (Lipinski definition) is 7. The Hall–Kier alpha value is -3.04. The summed E-state index contributed by atoms with van der Waals surface area (Å²) in [5.41, 5.74) is 6.49. The normalized spacial score (nSPS) is 10.3. The van der Waals surface area contributed by atoms with Gasteiger partial charge < -0.3 is 15.0 Å². The van der Waals surface area contributed by atoms with Gasteiger partial charge in [-0.2, -0.15) is 0 Å². The molecule has 26 heavy (non-hydrogen) atoms. The predicted molar refractivity (Wildman–Crippen MR) is 94.3 cm³/mol. The van der Waals surface area contributed by atoms with Gasteiger partial charge in [0.1, 0.15) is 11.6 Å². The molecule has 0 bridgehead atoms. The Labute approximate surface area is 150 Å². The van der Waals surface area contributed by atoms with Crippen LogP contribution in [0.2, 0.25) is 0 Å². The van der Waals surface area contributed by atoms with Crippen molar-refractivity contribution < 1.29 is 27.3 Å². The van der Waals surface area contributed by atoms with Crippen molar-refractivity contribution in [3.8, 4) is 5.75 Å². The van der Waals surface area contributed by atoms with Gasteiger partial charge in [-0.1, -0.05) is 30.3 Å². The second-order valence-corrected chi connectivity index (χ2v) is 6.53.